The highest BCUT2D eigenvalue weighted by Gasteiger charge is 2.35. The first-order chi connectivity index (χ1) is 9.71. The topological polar surface area (TPSA) is 117 Å². The zero-order valence-corrected chi connectivity index (χ0v) is 12.4. The van der Waals surface area contributed by atoms with Gasteiger partial charge in [-0.15, -0.1) is 0 Å². The van der Waals surface area contributed by atoms with Gasteiger partial charge < -0.3 is 14.8 Å². The molecule has 1 amide bonds. The van der Waals surface area contributed by atoms with Crippen LogP contribution >= 0.6 is 0 Å². The lowest BCUT2D eigenvalue weighted by atomic mass is 10.3. The number of hydrogen-bond acceptors (Lipinski definition) is 5. The Kier molecular flexibility index (Phi) is 4.06. The SMILES string of the molecule is CC(=O)NC1CCN(S(=O)(=O)c2cc(C(=O)O)oc2C)C1. The first kappa shape index (κ1) is 15.5. The number of hydrogen-bond donors (Lipinski definition) is 2. The molecule has 21 heavy (non-hydrogen) atoms. The highest BCUT2D eigenvalue weighted by atomic mass is 32.2. The minimum atomic E-state index is -3.83. The number of nitrogens with one attached hydrogen (secondary N) is 1. The molecule has 0 bridgehead atoms. The zero-order chi connectivity index (χ0) is 15.8. The Morgan fingerprint density at radius 2 is 2.14 bits per heavy atom. The normalized spacial score (nSPS) is 19.6. The minimum absolute atomic E-state index is 0.0374. The van der Waals surface area contributed by atoms with Crippen molar-refractivity contribution in [3.63, 3.8) is 0 Å². The molecule has 2 heterocycles. The van der Waals surface area contributed by atoms with Crippen molar-refractivity contribution in [2.24, 2.45) is 0 Å². The van der Waals surface area contributed by atoms with Gasteiger partial charge in [-0.25, -0.2) is 13.2 Å². The molecule has 1 fully saturated rings. The summed E-state index contributed by atoms with van der Waals surface area (Å²) in [5.74, 6) is -1.91. The van der Waals surface area contributed by atoms with E-state index in [0.717, 1.165) is 6.07 Å². The standard InChI is InChI=1S/C12H16N2O6S/c1-7-11(5-10(20-7)12(16)17)21(18,19)14-4-3-9(6-14)13-8(2)15/h5,9H,3-4,6H2,1-2H3,(H,13,15)(H,16,17). The van der Waals surface area contributed by atoms with Crippen molar-refractivity contribution in [1.29, 1.82) is 0 Å². The lowest BCUT2D eigenvalue weighted by Gasteiger charge is -2.16. The maximum Gasteiger partial charge on any atom is 0.371 e. The van der Waals surface area contributed by atoms with E-state index in [1.165, 1.54) is 18.2 Å². The number of carboxylic acids is 1. The van der Waals surface area contributed by atoms with Gasteiger partial charge in [0.2, 0.25) is 21.7 Å². The van der Waals surface area contributed by atoms with Gasteiger partial charge in [0.25, 0.3) is 0 Å². The monoisotopic (exact) mass is 316 g/mol. The van der Waals surface area contributed by atoms with E-state index in [1.54, 1.807) is 0 Å². The first-order valence-corrected chi connectivity index (χ1v) is 7.77. The number of carboxylic acid groups (broad SMARTS) is 1. The summed E-state index contributed by atoms with van der Waals surface area (Å²) in [5.41, 5.74) is 0. The fraction of sp³-hybridized carbons (Fsp3) is 0.500. The van der Waals surface area contributed by atoms with Gasteiger partial charge in [0.15, 0.2) is 0 Å². The predicted molar refractivity (Wildman–Crippen MR) is 71.4 cm³/mol. The number of furan rings is 1. The molecule has 1 saturated heterocycles. The Morgan fingerprint density at radius 1 is 1.48 bits per heavy atom. The van der Waals surface area contributed by atoms with Crippen LogP contribution < -0.4 is 5.32 Å². The molecule has 0 aliphatic carbocycles. The van der Waals surface area contributed by atoms with E-state index >= 15 is 0 Å². The minimum Gasteiger partial charge on any atom is -0.475 e. The molecule has 1 aliphatic heterocycles. The summed E-state index contributed by atoms with van der Waals surface area (Å²) >= 11 is 0. The van der Waals surface area contributed by atoms with Crippen LogP contribution in [0.3, 0.4) is 0 Å². The van der Waals surface area contributed by atoms with Crippen LogP contribution in [0.2, 0.25) is 0 Å². The fourth-order valence-corrected chi connectivity index (χ4v) is 3.98. The summed E-state index contributed by atoms with van der Waals surface area (Å²) in [4.78, 5) is 21.7. The number of carbonyl (C=O) groups is 2. The Balaban J connectivity index is 2.23. The summed E-state index contributed by atoms with van der Waals surface area (Å²) < 4.78 is 31.1. The second-order valence-electron chi connectivity index (χ2n) is 4.89. The molecule has 0 spiro atoms. The molecule has 1 atom stereocenters. The molecule has 2 N–H and O–H groups in total. The molecule has 1 aromatic rings. The Bertz CT molecular complexity index is 678. The van der Waals surface area contributed by atoms with Crippen molar-refractivity contribution in [2.45, 2.75) is 31.2 Å². The molecule has 1 aromatic heterocycles. The van der Waals surface area contributed by atoms with Crippen molar-refractivity contribution < 1.29 is 27.5 Å². The molecular weight excluding hydrogens is 300 g/mol. The number of nitrogens with zero attached hydrogens (tertiary/aromatic N) is 1. The number of amides is 1. The van der Waals surface area contributed by atoms with Crippen LogP contribution in [-0.4, -0.2) is 48.8 Å². The largest absolute Gasteiger partial charge is 0.475 e. The quantitative estimate of drug-likeness (QED) is 0.818. The molecule has 9 heteroatoms. The third-order valence-corrected chi connectivity index (χ3v) is 5.23. The molecular formula is C12H16N2O6S. The smallest absolute Gasteiger partial charge is 0.371 e. The van der Waals surface area contributed by atoms with E-state index < -0.39 is 21.8 Å². The third kappa shape index (κ3) is 3.08. The van der Waals surface area contributed by atoms with Crippen LogP contribution in [0.15, 0.2) is 15.4 Å². The lowest BCUT2D eigenvalue weighted by Crippen LogP contribution is -2.37. The van der Waals surface area contributed by atoms with Crippen LogP contribution in [0.4, 0.5) is 0 Å². The average Bonchev–Trinajstić information content (AvgIpc) is 2.95. The van der Waals surface area contributed by atoms with Gasteiger partial charge in [-0.05, 0) is 13.3 Å². The number of carbonyl (C=O) groups excluding carboxylic acids is 1. The molecule has 0 saturated carbocycles. The van der Waals surface area contributed by atoms with Crippen molar-refractivity contribution >= 4 is 21.9 Å². The first-order valence-electron chi connectivity index (χ1n) is 6.33. The van der Waals surface area contributed by atoms with Gasteiger partial charge in [0.05, 0.1) is 0 Å². The van der Waals surface area contributed by atoms with Gasteiger partial charge in [0, 0.05) is 32.1 Å². The number of aryl methyl sites for hydroxylation is 1. The number of rotatable bonds is 4. The second-order valence-corrected chi connectivity index (χ2v) is 6.79. The van der Waals surface area contributed by atoms with E-state index in [2.05, 4.69) is 5.32 Å². The Labute approximate surface area is 121 Å². The van der Waals surface area contributed by atoms with Crippen LogP contribution in [-0.2, 0) is 14.8 Å². The van der Waals surface area contributed by atoms with E-state index in [0.29, 0.717) is 6.42 Å². The molecule has 116 valence electrons. The molecule has 0 aromatic carbocycles. The van der Waals surface area contributed by atoms with Crippen molar-refractivity contribution in [3.05, 3.63) is 17.6 Å². The number of aromatic carboxylic acids is 1. The van der Waals surface area contributed by atoms with Crippen LogP contribution in [0.5, 0.6) is 0 Å². The summed E-state index contributed by atoms with van der Waals surface area (Å²) in [7, 11) is -3.83. The number of sulfonamides is 1. The summed E-state index contributed by atoms with van der Waals surface area (Å²) in [5, 5.41) is 11.5. The molecule has 8 nitrogen and oxygen atoms in total. The third-order valence-electron chi connectivity index (χ3n) is 3.26. The Hall–Kier alpha value is -1.87. The van der Waals surface area contributed by atoms with Gasteiger partial charge in [-0.2, -0.15) is 4.31 Å². The summed E-state index contributed by atoms with van der Waals surface area (Å²) in [6, 6.07) is 0.780. The summed E-state index contributed by atoms with van der Waals surface area (Å²) in [6.07, 6.45) is 0.515. The lowest BCUT2D eigenvalue weighted by molar-refractivity contribution is -0.119. The van der Waals surface area contributed by atoms with Gasteiger partial charge in [0.1, 0.15) is 10.7 Å². The fourth-order valence-electron chi connectivity index (χ4n) is 2.32. The van der Waals surface area contributed by atoms with E-state index in [1.807, 2.05) is 0 Å². The zero-order valence-electron chi connectivity index (χ0n) is 11.6. The maximum atomic E-state index is 12.5. The van der Waals surface area contributed by atoms with E-state index in [9.17, 15) is 18.0 Å². The molecule has 0 radical (unpaired) electrons. The van der Waals surface area contributed by atoms with E-state index in [-0.39, 0.29) is 35.7 Å². The molecule has 1 aliphatic rings. The van der Waals surface area contributed by atoms with Crippen LogP contribution in [0.25, 0.3) is 0 Å². The maximum absolute atomic E-state index is 12.5. The summed E-state index contributed by atoms with van der Waals surface area (Å²) in [6.45, 7) is 3.20. The highest BCUT2D eigenvalue weighted by molar-refractivity contribution is 7.89. The van der Waals surface area contributed by atoms with Crippen LogP contribution in [0, 0.1) is 6.92 Å². The predicted octanol–water partition coefficient (Wildman–Crippen LogP) is 0.185. The highest BCUT2D eigenvalue weighted by Crippen LogP contribution is 2.26. The molecule has 2 rings (SSSR count). The van der Waals surface area contributed by atoms with Crippen LogP contribution in [0.1, 0.15) is 29.7 Å². The van der Waals surface area contributed by atoms with Gasteiger partial charge >= 0.3 is 5.97 Å². The second kappa shape index (κ2) is 5.49. The van der Waals surface area contributed by atoms with Gasteiger partial charge in [-0.1, -0.05) is 0 Å². The molecule has 1 unspecified atom stereocenters. The van der Waals surface area contributed by atoms with Crippen molar-refractivity contribution in [3.8, 4) is 0 Å². The average molecular weight is 316 g/mol. The van der Waals surface area contributed by atoms with Crippen molar-refractivity contribution in [2.75, 3.05) is 13.1 Å². The van der Waals surface area contributed by atoms with Crippen molar-refractivity contribution in [1.82, 2.24) is 9.62 Å². The van der Waals surface area contributed by atoms with E-state index in [4.69, 9.17) is 9.52 Å². The Morgan fingerprint density at radius 3 is 2.67 bits per heavy atom. The van der Waals surface area contributed by atoms with Gasteiger partial charge in [-0.3, -0.25) is 4.79 Å².